The van der Waals surface area contributed by atoms with Gasteiger partial charge in [-0.15, -0.1) is 0 Å². The first-order valence-corrected chi connectivity index (χ1v) is 9.66. The fourth-order valence-electron chi connectivity index (χ4n) is 3.68. The Balaban J connectivity index is 1.76. The van der Waals surface area contributed by atoms with Crippen LogP contribution < -0.4 is 4.90 Å². The molecule has 1 saturated heterocycles. The molecule has 0 aliphatic carbocycles. The molecule has 136 valence electrons. The number of benzene rings is 2. The average molecular weight is 390 g/mol. The molecule has 2 aromatic carbocycles. The van der Waals surface area contributed by atoms with Crippen molar-refractivity contribution >= 4 is 40.2 Å². The lowest BCUT2D eigenvalue weighted by Gasteiger charge is -2.33. The summed E-state index contributed by atoms with van der Waals surface area (Å²) in [6.07, 6.45) is 2.13. The molecule has 0 saturated carbocycles. The second-order valence-corrected chi connectivity index (χ2v) is 7.70. The Hall–Kier alpha value is -1.75. The summed E-state index contributed by atoms with van der Waals surface area (Å²) >= 11 is 12.5. The van der Waals surface area contributed by atoms with Crippen molar-refractivity contribution in [1.29, 1.82) is 0 Å². The second kappa shape index (κ2) is 7.47. The van der Waals surface area contributed by atoms with Crippen LogP contribution in [0, 0.1) is 5.92 Å². The van der Waals surface area contributed by atoms with Gasteiger partial charge in [0, 0.05) is 29.7 Å². The predicted octanol–water partition coefficient (Wildman–Crippen LogP) is 4.60. The molecule has 1 atom stereocenters. The predicted molar refractivity (Wildman–Crippen MR) is 107 cm³/mol. The van der Waals surface area contributed by atoms with E-state index in [-0.39, 0.29) is 6.61 Å². The summed E-state index contributed by atoms with van der Waals surface area (Å²) in [5, 5.41) is 10.9. The number of hydrogen-bond donors (Lipinski definition) is 1. The molecule has 0 bridgehead atoms. The zero-order valence-corrected chi connectivity index (χ0v) is 15.9. The summed E-state index contributed by atoms with van der Waals surface area (Å²) in [6.45, 7) is 2.63. The maximum atomic E-state index is 9.58. The summed E-state index contributed by atoms with van der Waals surface area (Å²) in [5.74, 6) is 1.24. The largest absolute Gasteiger partial charge is 0.396 e. The first kappa shape index (κ1) is 17.7. The quantitative estimate of drug-likeness (QED) is 0.708. The number of para-hydroxylation sites is 2. The Labute approximate surface area is 163 Å². The number of piperidine rings is 1. The first-order valence-electron chi connectivity index (χ1n) is 8.90. The van der Waals surface area contributed by atoms with Crippen LogP contribution >= 0.6 is 23.2 Å². The van der Waals surface area contributed by atoms with Gasteiger partial charge in [0.1, 0.15) is 0 Å². The van der Waals surface area contributed by atoms with E-state index in [4.69, 9.17) is 28.2 Å². The van der Waals surface area contributed by atoms with E-state index in [1.807, 2.05) is 30.3 Å². The van der Waals surface area contributed by atoms with Gasteiger partial charge in [0.05, 0.1) is 17.6 Å². The van der Waals surface area contributed by atoms with Gasteiger partial charge in [0.15, 0.2) is 0 Å². The topological polar surface area (TPSA) is 41.3 Å². The fourth-order valence-corrected chi connectivity index (χ4v) is 4.14. The van der Waals surface area contributed by atoms with Crippen LogP contribution in [-0.4, -0.2) is 34.4 Å². The van der Waals surface area contributed by atoms with E-state index < -0.39 is 0 Å². The number of anilines is 1. The number of aromatic nitrogens is 2. The van der Waals surface area contributed by atoms with Gasteiger partial charge < -0.3 is 14.6 Å². The number of halogens is 2. The van der Waals surface area contributed by atoms with Crippen LogP contribution in [0.2, 0.25) is 10.0 Å². The Morgan fingerprint density at radius 3 is 2.81 bits per heavy atom. The van der Waals surface area contributed by atoms with Gasteiger partial charge in [-0.3, -0.25) is 0 Å². The van der Waals surface area contributed by atoms with Gasteiger partial charge in [-0.25, -0.2) is 4.98 Å². The molecule has 26 heavy (non-hydrogen) atoms. The molecule has 0 radical (unpaired) electrons. The summed E-state index contributed by atoms with van der Waals surface area (Å²) in [6, 6.07) is 13.8. The average Bonchev–Trinajstić information content (AvgIpc) is 3.03. The van der Waals surface area contributed by atoms with Crippen LogP contribution in [0.3, 0.4) is 0 Å². The van der Waals surface area contributed by atoms with E-state index in [0.29, 0.717) is 22.5 Å². The minimum absolute atomic E-state index is 0.222. The monoisotopic (exact) mass is 389 g/mol. The van der Waals surface area contributed by atoms with Crippen LogP contribution in [0.1, 0.15) is 18.4 Å². The van der Waals surface area contributed by atoms with Crippen molar-refractivity contribution in [2.24, 2.45) is 5.92 Å². The summed E-state index contributed by atoms with van der Waals surface area (Å²) < 4.78 is 2.21. The molecule has 0 unspecified atom stereocenters. The Morgan fingerprint density at radius 1 is 1.15 bits per heavy atom. The summed E-state index contributed by atoms with van der Waals surface area (Å²) in [4.78, 5) is 7.17. The SMILES string of the molecule is OC[C@@H]1CCCN(c2nc3ccccc3n2Cc2ccc(Cl)cc2Cl)C1. The lowest BCUT2D eigenvalue weighted by molar-refractivity contribution is 0.208. The minimum Gasteiger partial charge on any atom is -0.396 e. The van der Waals surface area contributed by atoms with Crippen LogP contribution in [0.25, 0.3) is 11.0 Å². The highest BCUT2D eigenvalue weighted by Gasteiger charge is 2.24. The van der Waals surface area contributed by atoms with Crippen LogP contribution in [0.4, 0.5) is 5.95 Å². The highest BCUT2D eigenvalue weighted by molar-refractivity contribution is 6.35. The number of fused-ring (bicyclic) bond motifs is 1. The van der Waals surface area contributed by atoms with E-state index in [2.05, 4.69) is 15.5 Å². The first-order chi connectivity index (χ1) is 12.7. The van der Waals surface area contributed by atoms with E-state index in [1.165, 1.54) is 0 Å². The second-order valence-electron chi connectivity index (χ2n) is 6.86. The standard InChI is InChI=1S/C20H21Cl2N3O/c21-16-8-7-15(17(22)10-16)12-25-19-6-2-1-5-18(19)23-20(25)24-9-3-4-14(11-24)13-26/h1-2,5-8,10,14,26H,3-4,9,11-13H2/t14-/m1/s1. The molecule has 1 aliphatic rings. The molecule has 6 heteroatoms. The summed E-state index contributed by atoms with van der Waals surface area (Å²) in [5.41, 5.74) is 3.06. The Bertz CT molecular complexity index is 925. The zero-order chi connectivity index (χ0) is 18.1. The lowest BCUT2D eigenvalue weighted by atomic mass is 9.99. The van der Waals surface area contributed by atoms with Crippen molar-refractivity contribution in [3.63, 3.8) is 0 Å². The van der Waals surface area contributed by atoms with Crippen molar-refractivity contribution in [2.75, 3.05) is 24.6 Å². The van der Waals surface area contributed by atoms with Gasteiger partial charge >= 0.3 is 0 Å². The van der Waals surface area contributed by atoms with Crippen molar-refractivity contribution in [3.8, 4) is 0 Å². The molecule has 0 spiro atoms. The van der Waals surface area contributed by atoms with Crippen molar-refractivity contribution < 1.29 is 5.11 Å². The molecular weight excluding hydrogens is 369 g/mol. The van der Waals surface area contributed by atoms with E-state index in [9.17, 15) is 5.11 Å². The number of aliphatic hydroxyl groups is 1. The third-order valence-corrected chi connectivity index (χ3v) is 5.62. The van der Waals surface area contributed by atoms with Crippen molar-refractivity contribution in [1.82, 2.24) is 9.55 Å². The number of imidazole rings is 1. The highest BCUT2D eigenvalue weighted by Crippen LogP contribution is 2.29. The van der Waals surface area contributed by atoms with Gasteiger partial charge in [-0.1, -0.05) is 41.4 Å². The van der Waals surface area contributed by atoms with E-state index >= 15 is 0 Å². The molecule has 0 amide bonds. The van der Waals surface area contributed by atoms with Crippen molar-refractivity contribution in [2.45, 2.75) is 19.4 Å². The fraction of sp³-hybridized carbons (Fsp3) is 0.350. The summed E-state index contributed by atoms with van der Waals surface area (Å²) in [7, 11) is 0. The number of aliphatic hydroxyl groups excluding tert-OH is 1. The third kappa shape index (κ3) is 3.41. The van der Waals surface area contributed by atoms with Crippen LogP contribution in [-0.2, 0) is 6.54 Å². The number of rotatable bonds is 4. The molecular formula is C20H21Cl2N3O. The number of nitrogens with zero attached hydrogens (tertiary/aromatic N) is 3. The smallest absolute Gasteiger partial charge is 0.206 e. The molecule has 2 heterocycles. The molecule has 4 rings (SSSR count). The minimum atomic E-state index is 0.222. The lowest BCUT2D eigenvalue weighted by Crippen LogP contribution is -2.38. The van der Waals surface area contributed by atoms with Crippen molar-refractivity contribution in [3.05, 3.63) is 58.1 Å². The van der Waals surface area contributed by atoms with E-state index in [0.717, 1.165) is 48.5 Å². The maximum absolute atomic E-state index is 9.58. The van der Waals surface area contributed by atoms with Crippen LogP contribution in [0.15, 0.2) is 42.5 Å². The van der Waals surface area contributed by atoms with Gasteiger partial charge in [0.25, 0.3) is 0 Å². The van der Waals surface area contributed by atoms with Gasteiger partial charge in [-0.05, 0) is 48.6 Å². The third-order valence-electron chi connectivity index (χ3n) is 5.04. The molecule has 1 N–H and O–H groups in total. The molecule has 1 aliphatic heterocycles. The zero-order valence-electron chi connectivity index (χ0n) is 14.4. The van der Waals surface area contributed by atoms with Gasteiger partial charge in [-0.2, -0.15) is 0 Å². The van der Waals surface area contributed by atoms with Gasteiger partial charge in [0.2, 0.25) is 5.95 Å². The molecule has 1 fully saturated rings. The Morgan fingerprint density at radius 2 is 2.00 bits per heavy atom. The Kier molecular flexibility index (Phi) is 5.07. The molecule has 4 nitrogen and oxygen atoms in total. The normalized spacial score (nSPS) is 17.8. The molecule has 3 aromatic rings. The highest BCUT2D eigenvalue weighted by atomic mass is 35.5. The van der Waals surface area contributed by atoms with Crippen LogP contribution in [0.5, 0.6) is 0 Å². The number of hydrogen-bond acceptors (Lipinski definition) is 3. The maximum Gasteiger partial charge on any atom is 0.206 e. The van der Waals surface area contributed by atoms with E-state index in [1.54, 1.807) is 6.07 Å². The molecule has 1 aromatic heterocycles.